The van der Waals surface area contributed by atoms with Crippen LogP contribution in [0.2, 0.25) is 0 Å². The summed E-state index contributed by atoms with van der Waals surface area (Å²) >= 11 is 0. The molecule has 3 heterocycles. The van der Waals surface area contributed by atoms with Crippen LogP contribution in [-0.4, -0.2) is 69.4 Å². The van der Waals surface area contributed by atoms with Gasteiger partial charge < -0.3 is 10.0 Å². The molecule has 6 nitrogen and oxygen atoms in total. The van der Waals surface area contributed by atoms with Gasteiger partial charge in [-0.1, -0.05) is 79.9 Å². The number of rotatable bonds is 9. The van der Waals surface area contributed by atoms with Gasteiger partial charge in [-0.25, -0.2) is 0 Å². The molecule has 1 N–H and O–H groups in total. The van der Waals surface area contributed by atoms with Crippen molar-refractivity contribution in [1.82, 2.24) is 19.6 Å². The summed E-state index contributed by atoms with van der Waals surface area (Å²) in [5.41, 5.74) is 5.18. The van der Waals surface area contributed by atoms with Crippen LogP contribution < -0.4 is 0 Å². The minimum Gasteiger partial charge on any atom is -0.480 e. The van der Waals surface area contributed by atoms with Gasteiger partial charge in [0.15, 0.2) is 0 Å². The number of nitrogens with zero attached hydrogens (tertiary/aromatic N) is 4. The van der Waals surface area contributed by atoms with E-state index in [2.05, 4.69) is 88.3 Å². The van der Waals surface area contributed by atoms with Gasteiger partial charge in [0.1, 0.15) is 6.04 Å². The second kappa shape index (κ2) is 12.9. The Labute approximate surface area is 245 Å². The van der Waals surface area contributed by atoms with E-state index >= 15 is 0 Å². The molecule has 3 unspecified atom stereocenters. The predicted molar refractivity (Wildman–Crippen MR) is 163 cm³/mol. The molecule has 6 rings (SSSR count). The van der Waals surface area contributed by atoms with Crippen LogP contribution in [0.15, 0.2) is 66.7 Å². The lowest BCUT2D eigenvalue weighted by molar-refractivity contribution is -0.145. The van der Waals surface area contributed by atoms with Gasteiger partial charge in [0.05, 0.1) is 5.69 Å². The normalized spacial score (nSPS) is 24.0. The maximum Gasteiger partial charge on any atom is 0.321 e. The van der Waals surface area contributed by atoms with E-state index < -0.39 is 5.97 Å². The number of likely N-dealkylation sites (tertiary alicyclic amines) is 2. The lowest BCUT2D eigenvalue weighted by Crippen LogP contribution is -2.46. The van der Waals surface area contributed by atoms with Crippen LogP contribution in [0.5, 0.6) is 0 Å². The van der Waals surface area contributed by atoms with Crippen LogP contribution in [0.4, 0.5) is 0 Å². The maximum atomic E-state index is 12.6. The number of aliphatic carboxylic acids is 1. The van der Waals surface area contributed by atoms with Crippen molar-refractivity contribution in [2.24, 2.45) is 18.9 Å². The Kier molecular flexibility index (Phi) is 8.87. The van der Waals surface area contributed by atoms with E-state index in [1.807, 2.05) is 0 Å². The van der Waals surface area contributed by atoms with Gasteiger partial charge in [-0.2, -0.15) is 5.10 Å². The number of carboxylic acid groups (broad SMARTS) is 1. The monoisotopic (exact) mass is 554 g/mol. The van der Waals surface area contributed by atoms with Crippen molar-refractivity contribution < 1.29 is 9.90 Å². The van der Waals surface area contributed by atoms with Crippen molar-refractivity contribution in [2.45, 2.75) is 69.2 Å². The average molecular weight is 555 g/mol. The fourth-order valence-electron chi connectivity index (χ4n) is 8.06. The van der Waals surface area contributed by atoms with Gasteiger partial charge in [-0.15, -0.1) is 0 Å². The molecule has 1 aromatic heterocycles. The summed E-state index contributed by atoms with van der Waals surface area (Å²) in [5, 5.41) is 15.2. The Bertz CT molecular complexity index is 1260. The van der Waals surface area contributed by atoms with Gasteiger partial charge in [-0.3, -0.25) is 14.4 Å². The molecule has 0 bridgehead atoms. The zero-order valence-electron chi connectivity index (χ0n) is 24.6. The SMILES string of the molecule is Cn1nc(Cc2ccccc2)cc1C1CCN(CC2CN(C(C(=O)O)C3CCCCC3)CC2c2ccccc2)CC1. The predicted octanol–water partition coefficient (Wildman–Crippen LogP) is 5.94. The zero-order valence-corrected chi connectivity index (χ0v) is 24.6. The third kappa shape index (κ3) is 6.60. The van der Waals surface area contributed by atoms with Crippen molar-refractivity contribution in [3.05, 3.63) is 89.2 Å². The van der Waals surface area contributed by atoms with E-state index in [0.717, 1.165) is 70.5 Å². The van der Waals surface area contributed by atoms with Crippen molar-refractivity contribution in [1.29, 1.82) is 0 Å². The summed E-state index contributed by atoms with van der Waals surface area (Å²) in [6.45, 7) is 4.97. The molecule has 1 saturated carbocycles. The third-order valence-electron chi connectivity index (χ3n) is 10.1. The van der Waals surface area contributed by atoms with E-state index in [-0.39, 0.29) is 12.0 Å². The quantitative estimate of drug-likeness (QED) is 0.355. The highest BCUT2D eigenvalue weighted by molar-refractivity contribution is 5.74. The van der Waals surface area contributed by atoms with Crippen LogP contribution >= 0.6 is 0 Å². The molecule has 2 aliphatic heterocycles. The summed E-state index contributed by atoms with van der Waals surface area (Å²) in [7, 11) is 2.10. The second-order valence-electron chi connectivity index (χ2n) is 12.8. The molecule has 3 fully saturated rings. The topological polar surface area (TPSA) is 61.6 Å². The van der Waals surface area contributed by atoms with E-state index in [4.69, 9.17) is 5.10 Å². The van der Waals surface area contributed by atoms with E-state index in [1.54, 1.807) is 0 Å². The molecule has 41 heavy (non-hydrogen) atoms. The number of hydrogen-bond acceptors (Lipinski definition) is 4. The standard InChI is InChI=1S/C35H46N4O2/c1-37-33(22-31(36-37)21-26-11-5-2-6-12-26)28-17-19-38(20-18-28)23-30-24-39(25-32(30)27-13-7-3-8-14-27)34(35(40)41)29-15-9-4-10-16-29/h2-3,5-8,11-14,22,28-30,32,34H,4,9-10,15-21,23-25H2,1H3,(H,40,41). The fourth-order valence-corrected chi connectivity index (χ4v) is 8.06. The molecule has 6 heteroatoms. The molecule has 3 atom stereocenters. The first kappa shape index (κ1) is 28.2. The summed E-state index contributed by atoms with van der Waals surface area (Å²) in [6, 6.07) is 23.4. The van der Waals surface area contributed by atoms with E-state index in [9.17, 15) is 9.90 Å². The van der Waals surface area contributed by atoms with Gasteiger partial charge in [-0.05, 0) is 67.8 Å². The van der Waals surface area contributed by atoms with Gasteiger partial charge in [0.25, 0.3) is 0 Å². The molecule has 1 aliphatic carbocycles. The maximum absolute atomic E-state index is 12.6. The highest BCUT2D eigenvalue weighted by Gasteiger charge is 2.43. The number of carbonyl (C=O) groups is 1. The van der Waals surface area contributed by atoms with Gasteiger partial charge in [0, 0.05) is 50.6 Å². The molecule has 218 valence electrons. The average Bonchev–Trinajstić information content (AvgIpc) is 3.57. The number of aryl methyl sites for hydroxylation is 1. The minimum absolute atomic E-state index is 0.290. The summed E-state index contributed by atoms with van der Waals surface area (Å²) in [4.78, 5) is 17.6. The van der Waals surface area contributed by atoms with Crippen molar-refractivity contribution >= 4 is 5.97 Å². The number of carboxylic acids is 1. The Morgan fingerprint density at radius 2 is 1.61 bits per heavy atom. The molecule has 2 saturated heterocycles. The molecular weight excluding hydrogens is 508 g/mol. The Morgan fingerprint density at radius 3 is 2.29 bits per heavy atom. The largest absolute Gasteiger partial charge is 0.480 e. The van der Waals surface area contributed by atoms with Gasteiger partial charge in [0.2, 0.25) is 0 Å². The second-order valence-corrected chi connectivity index (χ2v) is 12.8. The lowest BCUT2D eigenvalue weighted by Gasteiger charge is -2.35. The molecule has 0 amide bonds. The van der Waals surface area contributed by atoms with E-state index in [0.29, 0.717) is 17.8 Å². The number of hydrogen-bond donors (Lipinski definition) is 1. The Morgan fingerprint density at radius 1 is 0.927 bits per heavy atom. The number of piperidine rings is 1. The summed E-state index contributed by atoms with van der Waals surface area (Å²) in [5.74, 6) is 1.05. The van der Waals surface area contributed by atoms with Crippen LogP contribution in [0, 0.1) is 11.8 Å². The van der Waals surface area contributed by atoms with Crippen LogP contribution in [0.25, 0.3) is 0 Å². The zero-order chi connectivity index (χ0) is 28.2. The van der Waals surface area contributed by atoms with Gasteiger partial charge >= 0.3 is 5.97 Å². The van der Waals surface area contributed by atoms with Crippen molar-refractivity contribution in [3.63, 3.8) is 0 Å². The summed E-state index contributed by atoms with van der Waals surface area (Å²) in [6.07, 6.45) is 8.89. The van der Waals surface area contributed by atoms with Crippen molar-refractivity contribution in [2.75, 3.05) is 32.7 Å². The smallest absolute Gasteiger partial charge is 0.321 e. The minimum atomic E-state index is -0.618. The van der Waals surface area contributed by atoms with Crippen molar-refractivity contribution in [3.8, 4) is 0 Å². The van der Waals surface area contributed by atoms with E-state index in [1.165, 1.54) is 36.1 Å². The highest BCUT2D eigenvalue weighted by Crippen LogP contribution is 2.39. The van der Waals surface area contributed by atoms with Crippen LogP contribution in [0.3, 0.4) is 0 Å². The highest BCUT2D eigenvalue weighted by atomic mass is 16.4. The first-order valence-electron chi connectivity index (χ1n) is 15.9. The molecule has 0 radical (unpaired) electrons. The first-order valence-corrected chi connectivity index (χ1v) is 15.9. The molecule has 3 aromatic rings. The molecular formula is C35H46N4O2. The lowest BCUT2D eigenvalue weighted by atomic mass is 9.83. The summed E-state index contributed by atoms with van der Waals surface area (Å²) < 4.78 is 2.11. The van der Waals surface area contributed by atoms with Crippen LogP contribution in [-0.2, 0) is 18.3 Å². The Hall–Kier alpha value is -2.96. The molecule has 2 aromatic carbocycles. The molecule has 0 spiro atoms. The number of benzene rings is 2. The number of aromatic nitrogens is 2. The first-order chi connectivity index (χ1) is 20.0. The fraction of sp³-hybridized carbons (Fsp3) is 0.543. The third-order valence-corrected chi connectivity index (χ3v) is 10.1. The van der Waals surface area contributed by atoms with Crippen LogP contribution in [0.1, 0.15) is 79.3 Å². The molecule has 3 aliphatic rings. The Balaban J connectivity index is 1.11.